The average Bonchev–Trinajstić information content (AvgIpc) is 3.55. The van der Waals surface area contributed by atoms with E-state index in [0.29, 0.717) is 36.6 Å². The quantitative estimate of drug-likeness (QED) is 0.749. The molecular weight excluding hydrogens is 427 g/mol. The van der Waals surface area contributed by atoms with Crippen molar-refractivity contribution in [1.29, 1.82) is 0 Å². The van der Waals surface area contributed by atoms with Crippen molar-refractivity contribution in [1.82, 2.24) is 5.32 Å². The molecule has 1 N–H and O–H groups in total. The second-order valence-electron chi connectivity index (χ2n) is 8.62. The summed E-state index contributed by atoms with van der Waals surface area (Å²) in [4.78, 5) is 17.4. The van der Waals surface area contributed by atoms with Crippen LogP contribution >= 0.6 is 11.6 Å². The van der Waals surface area contributed by atoms with Crippen LogP contribution < -0.4 is 15.1 Å². The van der Waals surface area contributed by atoms with E-state index in [1.165, 1.54) is 6.07 Å². The number of nitrogens with one attached hydrogen (secondary N) is 1. The molecule has 8 heteroatoms. The average molecular weight is 450 g/mol. The lowest BCUT2D eigenvalue weighted by Gasteiger charge is -2.49. The van der Waals surface area contributed by atoms with Gasteiger partial charge in [0.2, 0.25) is 5.91 Å². The van der Waals surface area contributed by atoms with Gasteiger partial charge in [0.15, 0.2) is 0 Å². The van der Waals surface area contributed by atoms with E-state index < -0.39 is 17.7 Å². The zero-order valence-corrected chi connectivity index (χ0v) is 17.6. The number of carbonyl (C=O) groups excluding carboxylic acids is 1. The molecule has 0 radical (unpaired) electrons. The van der Waals surface area contributed by atoms with Crippen LogP contribution in [0.5, 0.6) is 0 Å². The number of amides is 1. The van der Waals surface area contributed by atoms with Gasteiger partial charge in [-0.1, -0.05) is 17.7 Å². The van der Waals surface area contributed by atoms with Crippen molar-refractivity contribution in [2.24, 2.45) is 5.92 Å². The first-order valence-electron chi connectivity index (χ1n) is 10.6. The number of alkyl halides is 3. The minimum atomic E-state index is -4.40. The molecule has 1 saturated carbocycles. The molecule has 2 atom stereocenters. The number of benzene rings is 2. The molecule has 164 valence electrons. The number of halogens is 4. The summed E-state index contributed by atoms with van der Waals surface area (Å²) >= 11 is 6.17. The molecule has 2 heterocycles. The first-order valence-corrected chi connectivity index (χ1v) is 10.9. The number of anilines is 2. The number of nitrogens with zero attached hydrogens (tertiary/aromatic N) is 2. The minimum absolute atomic E-state index is 0.0616. The van der Waals surface area contributed by atoms with Gasteiger partial charge in [-0.05, 0) is 61.2 Å². The van der Waals surface area contributed by atoms with E-state index in [4.69, 9.17) is 11.6 Å². The third kappa shape index (κ3) is 4.07. The number of fused-ring (bicyclic) bond motifs is 3. The van der Waals surface area contributed by atoms with Crippen molar-refractivity contribution < 1.29 is 18.0 Å². The second-order valence-corrected chi connectivity index (χ2v) is 9.06. The number of piperazine rings is 1. The second kappa shape index (κ2) is 7.62. The molecule has 4 nitrogen and oxygen atoms in total. The zero-order valence-electron chi connectivity index (χ0n) is 16.8. The summed E-state index contributed by atoms with van der Waals surface area (Å²) in [7, 11) is 0. The van der Waals surface area contributed by atoms with Crippen LogP contribution in [0.2, 0.25) is 5.02 Å². The Kier molecular flexibility index (Phi) is 5.04. The van der Waals surface area contributed by atoms with E-state index in [1.54, 1.807) is 6.07 Å². The highest BCUT2D eigenvalue weighted by Gasteiger charge is 2.43. The number of hydrogen-bond donors (Lipinski definition) is 1. The summed E-state index contributed by atoms with van der Waals surface area (Å²) in [6, 6.07) is 11.6. The molecular formula is C23H23ClF3N3O. The Hall–Kier alpha value is -2.41. The van der Waals surface area contributed by atoms with Gasteiger partial charge in [-0.15, -0.1) is 0 Å². The Morgan fingerprint density at radius 2 is 1.90 bits per heavy atom. The van der Waals surface area contributed by atoms with E-state index in [1.807, 2.05) is 24.3 Å². The van der Waals surface area contributed by atoms with Crippen LogP contribution in [0.1, 0.15) is 24.0 Å². The topological polar surface area (TPSA) is 35.6 Å². The van der Waals surface area contributed by atoms with Crippen LogP contribution in [-0.4, -0.2) is 37.6 Å². The van der Waals surface area contributed by atoms with Crippen LogP contribution in [0.3, 0.4) is 0 Å². The lowest BCUT2D eigenvalue weighted by atomic mass is 9.82. The smallest absolute Gasteiger partial charge is 0.368 e. The summed E-state index contributed by atoms with van der Waals surface area (Å²) in [5.41, 5.74) is 1.73. The van der Waals surface area contributed by atoms with E-state index in [-0.39, 0.29) is 18.0 Å². The first-order chi connectivity index (χ1) is 14.8. The molecule has 31 heavy (non-hydrogen) atoms. The van der Waals surface area contributed by atoms with Crippen molar-refractivity contribution >= 4 is 28.9 Å². The molecule has 2 aliphatic heterocycles. The summed E-state index contributed by atoms with van der Waals surface area (Å²) in [5.74, 6) is -0.466. The van der Waals surface area contributed by atoms with Crippen molar-refractivity contribution in [3.63, 3.8) is 0 Å². The third-order valence-electron chi connectivity index (χ3n) is 6.47. The molecule has 0 aromatic heterocycles. The fourth-order valence-electron chi connectivity index (χ4n) is 4.74. The maximum absolute atomic E-state index is 13.3. The number of carbonyl (C=O) groups is 1. The van der Waals surface area contributed by atoms with Gasteiger partial charge < -0.3 is 15.1 Å². The molecule has 1 saturated heterocycles. The fourth-order valence-corrected chi connectivity index (χ4v) is 4.93. The van der Waals surface area contributed by atoms with Crippen LogP contribution in [0.25, 0.3) is 0 Å². The van der Waals surface area contributed by atoms with E-state index in [9.17, 15) is 18.0 Å². The SMILES string of the molecule is O=C(NC1CC1)[C@@H]1Cc2cc(C(F)(F)F)ccc2N2CCN(c3cccc(Cl)c3)C[C@H]12. The fraction of sp³-hybridized carbons (Fsp3) is 0.435. The molecule has 3 aliphatic rings. The van der Waals surface area contributed by atoms with E-state index >= 15 is 0 Å². The van der Waals surface area contributed by atoms with Gasteiger partial charge in [0.05, 0.1) is 17.5 Å². The Labute approximate surface area is 184 Å². The van der Waals surface area contributed by atoms with Gasteiger partial charge in [-0.2, -0.15) is 13.2 Å². The summed E-state index contributed by atoms with van der Waals surface area (Å²) in [6.07, 6.45) is -2.15. The van der Waals surface area contributed by atoms with Gasteiger partial charge in [-0.3, -0.25) is 4.79 Å². The zero-order chi connectivity index (χ0) is 21.8. The van der Waals surface area contributed by atoms with Gasteiger partial charge in [0.1, 0.15) is 0 Å². The van der Waals surface area contributed by atoms with Crippen LogP contribution in [0.4, 0.5) is 24.5 Å². The lowest BCUT2D eigenvalue weighted by molar-refractivity contribution is -0.137. The molecule has 0 spiro atoms. The molecule has 2 aromatic rings. The van der Waals surface area contributed by atoms with Gasteiger partial charge in [-0.25, -0.2) is 0 Å². The van der Waals surface area contributed by atoms with Crippen molar-refractivity contribution in [2.45, 2.75) is 37.5 Å². The minimum Gasteiger partial charge on any atom is -0.368 e. The molecule has 0 bridgehead atoms. The molecule has 5 rings (SSSR count). The van der Waals surface area contributed by atoms with Crippen molar-refractivity contribution in [3.8, 4) is 0 Å². The van der Waals surface area contributed by atoms with Crippen molar-refractivity contribution in [3.05, 3.63) is 58.6 Å². The highest BCUT2D eigenvalue weighted by molar-refractivity contribution is 6.30. The predicted octanol–water partition coefficient (Wildman–Crippen LogP) is 4.50. The number of rotatable bonds is 3. The van der Waals surface area contributed by atoms with Crippen LogP contribution in [0.15, 0.2) is 42.5 Å². The molecule has 1 amide bonds. The Balaban J connectivity index is 1.48. The van der Waals surface area contributed by atoms with Crippen molar-refractivity contribution in [2.75, 3.05) is 29.4 Å². The maximum Gasteiger partial charge on any atom is 0.416 e. The molecule has 1 aliphatic carbocycles. The highest BCUT2D eigenvalue weighted by atomic mass is 35.5. The van der Waals surface area contributed by atoms with Gasteiger partial charge >= 0.3 is 6.18 Å². The summed E-state index contributed by atoms with van der Waals surface area (Å²) in [5, 5.41) is 3.72. The molecule has 2 aromatic carbocycles. The predicted molar refractivity (Wildman–Crippen MR) is 115 cm³/mol. The molecule has 0 unspecified atom stereocenters. The standard InChI is InChI=1S/C23H23ClF3N3O/c24-16-2-1-3-18(12-16)29-8-9-30-20-7-4-15(23(25,26)27)10-14(20)11-19(21(30)13-29)22(31)28-17-5-6-17/h1-4,7,10,12,17,19,21H,5-6,8-9,11,13H2,(H,28,31)/t19-,21-/m1/s1. The van der Waals surface area contributed by atoms with E-state index in [0.717, 1.165) is 30.3 Å². The maximum atomic E-state index is 13.3. The van der Waals surface area contributed by atoms with Gasteiger partial charge in [0.25, 0.3) is 0 Å². The van der Waals surface area contributed by atoms with Crippen LogP contribution in [-0.2, 0) is 17.4 Å². The van der Waals surface area contributed by atoms with Gasteiger partial charge in [0, 0.05) is 42.1 Å². The highest BCUT2D eigenvalue weighted by Crippen LogP contribution is 2.40. The molecule has 2 fully saturated rings. The Bertz CT molecular complexity index is 1010. The Morgan fingerprint density at radius 1 is 1.10 bits per heavy atom. The van der Waals surface area contributed by atoms with E-state index in [2.05, 4.69) is 15.1 Å². The van der Waals surface area contributed by atoms with Crippen LogP contribution in [0, 0.1) is 5.92 Å². The Morgan fingerprint density at radius 3 is 2.61 bits per heavy atom. The third-order valence-corrected chi connectivity index (χ3v) is 6.71. The normalized spacial score (nSPS) is 23.2. The first kappa shape index (κ1) is 20.5. The summed E-state index contributed by atoms with van der Waals surface area (Å²) < 4.78 is 39.9. The largest absolute Gasteiger partial charge is 0.416 e. The summed E-state index contributed by atoms with van der Waals surface area (Å²) in [6.45, 7) is 1.95. The number of hydrogen-bond acceptors (Lipinski definition) is 3. The monoisotopic (exact) mass is 449 g/mol. The lowest BCUT2D eigenvalue weighted by Crippen LogP contribution is -2.61.